The molecule has 1 fully saturated rings. The molecular weight excluding hydrogens is 282 g/mol. The zero-order valence-corrected chi connectivity index (χ0v) is 13.0. The van der Waals surface area contributed by atoms with Crippen molar-refractivity contribution >= 4 is 5.95 Å². The highest BCUT2D eigenvalue weighted by Crippen LogP contribution is 2.21. The van der Waals surface area contributed by atoms with Crippen molar-refractivity contribution in [1.82, 2.24) is 29.6 Å². The van der Waals surface area contributed by atoms with E-state index in [4.69, 9.17) is 5.11 Å². The average molecular weight is 303 g/mol. The number of aromatic nitrogens is 5. The van der Waals surface area contributed by atoms with Gasteiger partial charge in [0.1, 0.15) is 6.33 Å². The number of anilines is 1. The molecule has 0 aromatic carbocycles. The van der Waals surface area contributed by atoms with Crippen LogP contribution in [-0.2, 0) is 6.54 Å². The van der Waals surface area contributed by atoms with Crippen molar-refractivity contribution in [1.29, 1.82) is 0 Å². The van der Waals surface area contributed by atoms with Crippen molar-refractivity contribution in [3.63, 3.8) is 0 Å². The highest BCUT2D eigenvalue weighted by molar-refractivity contribution is 5.58. The molecule has 3 rings (SSSR count). The number of nitrogens with zero attached hydrogens (tertiary/aromatic N) is 7. The Hall–Kier alpha value is -2.06. The molecule has 0 aliphatic carbocycles. The van der Waals surface area contributed by atoms with Gasteiger partial charge in [0.05, 0.1) is 24.4 Å². The van der Waals surface area contributed by atoms with Crippen LogP contribution >= 0.6 is 0 Å². The zero-order chi connectivity index (χ0) is 15.5. The number of aliphatic hydroxyl groups excluding tert-OH is 1. The lowest BCUT2D eigenvalue weighted by molar-refractivity contribution is 0.270. The predicted molar refractivity (Wildman–Crippen MR) is 82.6 cm³/mol. The first-order valence-electron chi connectivity index (χ1n) is 7.45. The molecule has 0 bridgehead atoms. The van der Waals surface area contributed by atoms with Gasteiger partial charge < -0.3 is 14.9 Å². The summed E-state index contributed by atoms with van der Waals surface area (Å²) in [5.41, 5.74) is 1.72. The van der Waals surface area contributed by atoms with Gasteiger partial charge in [-0.3, -0.25) is 0 Å². The third-order valence-corrected chi connectivity index (χ3v) is 3.92. The summed E-state index contributed by atoms with van der Waals surface area (Å²) >= 11 is 0. The van der Waals surface area contributed by atoms with Gasteiger partial charge in [0.25, 0.3) is 0 Å². The van der Waals surface area contributed by atoms with E-state index < -0.39 is 0 Å². The monoisotopic (exact) mass is 303 g/mol. The number of rotatable bonds is 4. The van der Waals surface area contributed by atoms with Gasteiger partial charge in [-0.15, -0.1) is 0 Å². The molecule has 0 unspecified atom stereocenters. The second kappa shape index (κ2) is 6.37. The summed E-state index contributed by atoms with van der Waals surface area (Å²) in [7, 11) is 2.13. The SMILES string of the molecule is Cc1nc(N2CCN(C)CC2)ncc1-c1ncnn1CCO. The largest absolute Gasteiger partial charge is 0.394 e. The fourth-order valence-electron chi connectivity index (χ4n) is 2.56. The molecule has 0 atom stereocenters. The molecule has 8 nitrogen and oxygen atoms in total. The number of hydrogen-bond donors (Lipinski definition) is 1. The number of hydrogen-bond acceptors (Lipinski definition) is 7. The van der Waals surface area contributed by atoms with Gasteiger partial charge in [-0.2, -0.15) is 5.10 Å². The van der Waals surface area contributed by atoms with Crippen molar-refractivity contribution in [3.05, 3.63) is 18.2 Å². The molecular formula is C14H21N7O. The van der Waals surface area contributed by atoms with Crippen molar-refractivity contribution < 1.29 is 5.11 Å². The molecule has 2 aromatic rings. The van der Waals surface area contributed by atoms with Crippen molar-refractivity contribution in [3.8, 4) is 11.4 Å². The Labute approximate surface area is 129 Å². The van der Waals surface area contributed by atoms with Gasteiger partial charge in [0, 0.05) is 32.4 Å². The molecule has 1 N–H and O–H groups in total. The van der Waals surface area contributed by atoms with Gasteiger partial charge in [-0.1, -0.05) is 0 Å². The summed E-state index contributed by atoms with van der Waals surface area (Å²) in [5.74, 6) is 1.46. The van der Waals surface area contributed by atoms with Crippen molar-refractivity contribution in [2.45, 2.75) is 13.5 Å². The minimum absolute atomic E-state index is 0.0235. The normalized spacial score (nSPS) is 16.2. The van der Waals surface area contributed by atoms with Crippen LogP contribution in [-0.4, -0.2) is 74.6 Å². The van der Waals surface area contributed by atoms with E-state index in [1.165, 1.54) is 6.33 Å². The average Bonchev–Trinajstić information content (AvgIpc) is 2.96. The molecule has 0 amide bonds. The maximum atomic E-state index is 9.08. The number of aliphatic hydroxyl groups is 1. The molecule has 0 saturated carbocycles. The molecule has 0 radical (unpaired) electrons. The minimum Gasteiger partial charge on any atom is -0.394 e. The van der Waals surface area contributed by atoms with Crippen LogP contribution in [0.1, 0.15) is 5.69 Å². The Morgan fingerprint density at radius 3 is 2.64 bits per heavy atom. The van der Waals surface area contributed by atoms with Crippen LogP contribution < -0.4 is 4.90 Å². The van der Waals surface area contributed by atoms with Gasteiger partial charge in [0.2, 0.25) is 5.95 Å². The number of piperazine rings is 1. The second-order valence-electron chi connectivity index (χ2n) is 5.49. The van der Waals surface area contributed by atoms with E-state index in [0.29, 0.717) is 12.4 Å². The van der Waals surface area contributed by atoms with E-state index in [2.05, 4.69) is 36.9 Å². The molecule has 22 heavy (non-hydrogen) atoms. The molecule has 0 spiro atoms. The summed E-state index contributed by atoms with van der Waals surface area (Å²) in [6.07, 6.45) is 3.28. The zero-order valence-electron chi connectivity index (χ0n) is 13.0. The van der Waals surface area contributed by atoms with Gasteiger partial charge in [0.15, 0.2) is 5.82 Å². The Bertz CT molecular complexity index is 634. The highest BCUT2D eigenvalue weighted by Gasteiger charge is 2.18. The van der Waals surface area contributed by atoms with Crippen LogP contribution in [0.15, 0.2) is 12.5 Å². The molecule has 1 saturated heterocycles. The van der Waals surface area contributed by atoms with Crippen molar-refractivity contribution in [2.24, 2.45) is 0 Å². The second-order valence-corrected chi connectivity index (χ2v) is 5.49. The lowest BCUT2D eigenvalue weighted by Gasteiger charge is -2.32. The number of aryl methyl sites for hydroxylation is 1. The minimum atomic E-state index is 0.0235. The van der Waals surface area contributed by atoms with Crippen LogP contribution in [0.25, 0.3) is 11.4 Å². The molecule has 3 heterocycles. The van der Waals surface area contributed by atoms with Gasteiger partial charge in [-0.05, 0) is 14.0 Å². The van der Waals surface area contributed by atoms with Gasteiger partial charge in [-0.25, -0.2) is 19.6 Å². The standard InChI is InChI=1S/C14H21N7O/c1-11-12(13-16-10-17-21(13)7-8-22)9-15-14(18-11)20-5-3-19(2)4-6-20/h9-10,22H,3-8H2,1-2H3. The number of likely N-dealkylation sites (N-methyl/N-ethyl adjacent to an activating group) is 1. The van der Waals surface area contributed by atoms with Crippen LogP contribution in [0.3, 0.4) is 0 Å². The molecule has 8 heteroatoms. The topological polar surface area (TPSA) is 83.2 Å². The summed E-state index contributed by atoms with van der Waals surface area (Å²) in [4.78, 5) is 17.9. The summed E-state index contributed by atoms with van der Waals surface area (Å²) < 4.78 is 1.67. The smallest absolute Gasteiger partial charge is 0.225 e. The van der Waals surface area contributed by atoms with E-state index in [-0.39, 0.29) is 6.61 Å². The van der Waals surface area contributed by atoms with Crippen LogP contribution in [0.5, 0.6) is 0 Å². The van der Waals surface area contributed by atoms with Crippen LogP contribution in [0.2, 0.25) is 0 Å². The first kappa shape index (κ1) is 14.9. The maximum absolute atomic E-state index is 9.08. The lowest BCUT2D eigenvalue weighted by atomic mass is 10.2. The molecule has 118 valence electrons. The quantitative estimate of drug-likeness (QED) is 0.836. The Balaban J connectivity index is 1.84. The fraction of sp³-hybridized carbons (Fsp3) is 0.571. The third kappa shape index (κ3) is 2.93. The van der Waals surface area contributed by atoms with Crippen molar-refractivity contribution in [2.75, 3.05) is 44.7 Å². The van der Waals surface area contributed by atoms with E-state index in [9.17, 15) is 0 Å². The van der Waals surface area contributed by atoms with Crippen LogP contribution in [0.4, 0.5) is 5.95 Å². The summed E-state index contributed by atoms with van der Waals surface area (Å²) in [6.45, 7) is 6.31. The molecule has 1 aliphatic heterocycles. The first-order chi connectivity index (χ1) is 10.7. The Kier molecular flexibility index (Phi) is 4.30. The van der Waals surface area contributed by atoms with Gasteiger partial charge >= 0.3 is 0 Å². The Morgan fingerprint density at radius 2 is 1.95 bits per heavy atom. The van der Waals surface area contributed by atoms with Crippen LogP contribution in [0, 0.1) is 6.92 Å². The molecule has 1 aliphatic rings. The third-order valence-electron chi connectivity index (χ3n) is 3.92. The fourth-order valence-corrected chi connectivity index (χ4v) is 2.56. The van der Waals surface area contributed by atoms with E-state index in [1.54, 1.807) is 10.9 Å². The van der Waals surface area contributed by atoms with E-state index >= 15 is 0 Å². The lowest BCUT2D eigenvalue weighted by Crippen LogP contribution is -2.45. The molecule has 2 aromatic heterocycles. The maximum Gasteiger partial charge on any atom is 0.225 e. The van der Waals surface area contributed by atoms with E-state index in [0.717, 1.165) is 43.4 Å². The predicted octanol–water partition coefficient (Wildman–Crippen LogP) is -0.212. The summed E-state index contributed by atoms with van der Waals surface area (Å²) in [5, 5.41) is 13.2. The first-order valence-corrected chi connectivity index (χ1v) is 7.45. The summed E-state index contributed by atoms with van der Waals surface area (Å²) in [6, 6.07) is 0. The Morgan fingerprint density at radius 1 is 1.18 bits per heavy atom. The highest BCUT2D eigenvalue weighted by atomic mass is 16.3. The van der Waals surface area contributed by atoms with E-state index in [1.807, 2.05) is 6.92 Å².